The summed E-state index contributed by atoms with van der Waals surface area (Å²) in [6.07, 6.45) is -1.14. The number of amides is 1. The second-order valence-electron chi connectivity index (χ2n) is 5.33. The zero-order chi connectivity index (χ0) is 20.1. The smallest absolute Gasteiger partial charge is 0.337 e. The Labute approximate surface area is 152 Å². The first-order valence-corrected chi connectivity index (χ1v) is 7.65. The molecular weight excluding hydrogens is 367 g/mol. The van der Waals surface area contributed by atoms with Crippen LogP contribution in [0.5, 0.6) is 11.5 Å². The van der Waals surface area contributed by atoms with Crippen molar-refractivity contribution in [3.63, 3.8) is 0 Å². The van der Waals surface area contributed by atoms with Crippen LogP contribution in [0.4, 0.5) is 18.9 Å². The molecule has 2 rings (SSSR count). The molecule has 0 saturated carbocycles. The summed E-state index contributed by atoms with van der Waals surface area (Å²) in [7, 11) is 2.56. The Balaban J connectivity index is 2.14. The fraction of sp³-hybridized carbons (Fsp3) is 0.222. The van der Waals surface area contributed by atoms with Crippen molar-refractivity contribution in [3.8, 4) is 11.5 Å². The number of carbonyl (C=O) groups excluding carboxylic acids is 2. The van der Waals surface area contributed by atoms with Crippen LogP contribution in [0.15, 0.2) is 30.3 Å². The summed E-state index contributed by atoms with van der Waals surface area (Å²) in [5.74, 6) is -5.67. The summed E-state index contributed by atoms with van der Waals surface area (Å²) < 4.78 is 55.0. The summed E-state index contributed by atoms with van der Waals surface area (Å²) in [5.41, 5.74) is -0.315. The molecule has 0 radical (unpaired) electrons. The summed E-state index contributed by atoms with van der Waals surface area (Å²) in [6.45, 7) is 1.36. The van der Waals surface area contributed by atoms with Crippen LogP contribution in [0, 0.1) is 17.5 Å². The topological polar surface area (TPSA) is 73.9 Å². The first-order valence-electron chi connectivity index (χ1n) is 7.65. The minimum atomic E-state index is -1.69. The fourth-order valence-electron chi connectivity index (χ4n) is 2.11. The number of esters is 1. The van der Waals surface area contributed by atoms with Crippen LogP contribution in [0.3, 0.4) is 0 Å². The van der Waals surface area contributed by atoms with E-state index in [1.165, 1.54) is 39.3 Å². The Bertz CT molecular complexity index is 872. The van der Waals surface area contributed by atoms with Crippen LogP contribution in [0.1, 0.15) is 17.3 Å². The quantitative estimate of drug-likeness (QED) is 0.612. The number of ether oxygens (including phenoxy) is 3. The molecule has 0 bridgehead atoms. The third kappa shape index (κ3) is 4.49. The number of halogens is 3. The molecule has 0 spiro atoms. The number of nitrogens with one attached hydrogen (secondary N) is 1. The molecular formula is C18H16F3NO5. The van der Waals surface area contributed by atoms with Gasteiger partial charge in [0, 0.05) is 0 Å². The second-order valence-corrected chi connectivity index (χ2v) is 5.33. The van der Waals surface area contributed by atoms with Gasteiger partial charge in [-0.2, -0.15) is 0 Å². The molecule has 144 valence electrons. The monoisotopic (exact) mass is 383 g/mol. The zero-order valence-electron chi connectivity index (χ0n) is 14.6. The fourth-order valence-corrected chi connectivity index (χ4v) is 2.11. The first kappa shape index (κ1) is 20.1. The van der Waals surface area contributed by atoms with Gasteiger partial charge >= 0.3 is 5.97 Å². The summed E-state index contributed by atoms with van der Waals surface area (Å²) >= 11 is 0. The van der Waals surface area contributed by atoms with Gasteiger partial charge in [-0.1, -0.05) is 0 Å². The van der Waals surface area contributed by atoms with E-state index in [-0.39, 0.29) is 17.1 Å². The predicted octanol–water partition coefficient (Wildman–Crippen LogP) is 3.31. The molecule has 0 aliphatic heterocycles. The van der Waals surface area contributed by atoms with E-state index < -0.39 is 41.1 Å². The third-order valence-electron chi connectivity index (χ3n) is 3.55. The van der Waals surface area contributed by atoms with Crippen LogP contribution in [0.25, 0.3) is 0 Å². The van der Waals surface area contributed by atoms with E-state index in [0.717, 1.165) is 6.07 Å². The van der Waals surface area contributed by atoms with E-state index in [9.17, 15) is 22.8 Å². The largest absolute Gasteiger partial charge is 0.493 e. The Kier molecular flexibility index (Phi) is 6.27. The van der Waals surface area contributed by atoms with E-state index in [0.29, 0.717) is 6.07 Å². The van der Waals surface area contributed by atoms with Crippen LogP contribution < -0.4 is 14.8 Å². The number of rotatable bonds is 6. The molecule has 1 unspecified atom stereocenters. The molecule has 2 aromatic carbocycles. The number of hydrogen-bond donors (Lipinski definition) is 1. The van der Waals surface area contributed by atoms with E-state index in [1.54, 1.807) is 0 Å². The Hall–Kier alpha value is -3.23. The summed E-state index contributed by atoms with van der Waals surface area (Å²) in [5, 5.41) is 2.11. The van der Waals surface area contributed by atoms with E-state index >= 15 is 0 Å². The number of anilines is 1. The molecule has 1 amide bonds. The Morgan fingerprint density at radius 2 is 1.70 bits per heavy atom. The molecule has 1 N–H and O–H groups in total. The second kappa shape index (κ2) is 8.43. The number of methoxy groups -OCH3 is 2. The molecule has 0 aliphatic rings. The van der Waals surface area contributed by atoms with Crippen molar-refractivity contribution in [1.29, 1.82) is 0 Å². The van der Waals surface area contributed by atoms with Crippen molar-refractivity contribution >= 4 is 17.6 Å². The van der Waals surface area contributed by atoms with Gasteiger partial charge in [0.1, 0.15) is 0 Å². The van der Waals surface area contributed by atoms with Crippen molar-refractivity contribution in [3.05, 3.63) is 53.3 Å². The van der Waals surface area contributed by atoms with E-state index in [2.05, 4.69) is 10.1 Å². The van der Waals surface area contributed by atoms with Gasteiger partial charge in [0.2, 0.25) is 0 Å². The lowest BCUT2D eigenvalue weighted by Gasteiger charge is -2.17. The van der Waals surface area contributed by atoms with Crippen molar-refractivity contribution in [1.82, 2.24) is 0 Å². The molecule has 6 nitrogen and oxygen atoms in total. The van der Waals surface area contributed by atoms with Gasteiger partial charge in [0.25, 0.3) is 5.91 Å². The van der Waals surface area contributed by atoms with Crippen molar-refractivity contribution in [2.24, 2.45) is 0 Å². The first-order chi connectivity index (χ1) is 12.8. The van der Waals surface area contributed by atoms with Crippen LogP contribution in [-0.4, -0.2) is 32.2 Å². The standard InChI is InChI=1S/C18H16F3NO5/c1-9(17(23)22-12-6-5-11(19)15(20)16(12)21)27-13-7-4-10(18(24)26-3)8-14(13)25-2/h4-9H,1-3H3,(H,22,23). The average molecular weight is 383 g/mol. The highest BCUT2D eigenvalue weighted by atomic mass is 19.2. The van der Waals surface area contributed by atoms with Gasteiger partial charge < -0.3 is 19.5 Å². The Morgan fingerprint density at radius 3 is 2.33 bits per heavy atom. The maximum atomic E-state index is 13.7. The lowest BCUT2D eigenvalue weighted by Crippen LogP contribution is -2.30. The lowest BCUT2D eigenvalue weighted by atomic mass is 10.2. The Morgan fingerprint density at radius 1 is 1.00 bits per heavy atom. The molecule has 0 aromatic heterocycles. The molecule has 27 heavy (non-hydrogen) atoms. The number of carbonyl (C=O) groups is 2. The van der Waals surface area contributed by atoms with E-state index in [1.807, 2.05) is 0 Å². The van der Waals surface area contributed by atoms with Gasteiger partial charge in [0.15, 0.2) is 35.1 Å². The highest BCUT2D eigenvalue weighted by Crippen LogP contribution is 2.29. The molecule has 9 heteroatoms. The zero-order valence-corrected chi connectivity index (χ0v) is 14.6. The molecule has 2 aromatic rings. The van der Waals surface area contributed by atoms with Crippen molar-refractivity contribution < 1.29 is 37.0 Å². The van der Waals surface area contributed by atoms with Gasteiger partial charge in [-0.3, -0.25) is 4.79 Å². The number of benzene rings is 2. The third-order valence-corrected chi connectivity index (χ3v) is 3.55. The highest BCUT2D eigenvalue weighted by Gasteiger charge is 2.21. The molecule has 1 atom stereocenters. The predicted molar refractivity (Wildman–Crippen MR) is 89.4 cm³/mol. The van der Waals surface area contributed by atoms with Crippen LogP contribution >= 0.6 is 0 Å². The van der Waals surface area contributed by atoms with Gasteiger partial charge in [-0.25, -0.2) is 18.0 Å². The SMILES string of the molecule is COC(=O)c1ccc(OC(C)C(=O)Nc2ccc(F)c(F)c2F)c(OC)c1. The van der Waals surface area contributed by atoms with Gasteiger partial charge in [-0.15, -0.1) is 0 Å². The summed E-state index contributed by atoms with van der Waals surface area (Å²) in [4.78, 5) is 23.7. The molecule has 0 saturated heterocycles. The molecule has 0 aliphatic carbocycles. The molecule has 0 heterocycles. The maximum Gasteiger partial charge on any atom is 0.337 e. The minimum Gasteiger partial charge on any atom is -0.493 e. The minimum absolute atomic E-state index is 0.138. The normalized spacial score (nSPS) is 11.5. The number of hydrogen-bond acceptors (Lipinski definition) is 5. The van der Waals surface area contributed by atoms with Gasteiger partial charge in [-0.05, 0) is 37.3 Å². The van der Waals surface area contributed by atoms with Crippen molar-refractivity contribution in [2.45, 2.75) is 13.0 Å². The maximum absolute atomic E-state index is 13.7. The van der Waals surface area contributed by atoms with Crippen molar-refractivity contribution in [2.75, 3.05) is 19.5 Å². The van der Waals surface area contributed by atoms with Gasteiger partial charge in [0.05, 0.1) is 25.5 Å². The van der Waals surface area contributed by atoms with Crippen LogP contribution in [0.2, 0.25) is 0 Å². The van der Waals surface area contributed by atoms with Crippen LogP contribution in [-0.2, 0) is 9.53 Å². The highest BCUT2D eigenvalue weighted by molar-refractivity contribution is 5.94. The molecule has 0 fully saturated rings. The lowest BCUT2D eigenvalue weighted by molar-refractivity contribution is -0.122. The van der Waals surface area contributed by atoms with E-state index in [4.69, 9.17) is 9.47 Å². The average Bonchev–Trinajstić information content (AvgIpc) is 2.67. The summed E-state index contributed by atoms with van der Waals surface area (Å²) in [6, 6.07) is 5.75.